The fraction of sp³-hybridized carbons (Fsp3) is 0. The molecule has 0 radical (unpaired) electrons. The first kappa shape index (κ1) is 10.2. The summed E-state index contributed by atoms with van der Waals surface area (Å²) in [7, 11) is 0. The van der Waals surface area contributed by atoms with E-state index in [2.05, 4.69) is 4.99 Å². The summed E-state index contributed by atoms with van der Waals surface area (Å²) >= 11 is 0. The molecule has 3 nitrogen and oxygen atoms in total. The van der Waals surface area contributed by atoms with Crippen LogP contribution in [0.2, 0.25) is 0 Å². The molecule has 0 saturated carbocycles. The molecular formula is C9H8INO2. The first-order valence-electron chi connectivity index (χ1n) is 3.62. The van der Waals surface area contributed by atoms with Gasteiger partial charge in [0.15, 0.2) is 0 Å². The maximum absolute atomic E-state index is 8.36. The number of hydrogen-bond donors (Lipinski definition) is 1. The van der Waals surface area contributed by atoms with Gasteiger partial charge in [0, 0.05) is 10.8 Å². The van der Waals surface area contributed by atoms with Crippen LogP contribution < -0.4 is 33.7 Å². The highest BCUT2D eigenvalue weighted by molar-refractivity contribution is 5.80. The van der Waals surface area contributed by atoms with Crippen LogP contribution in [0, 0.1) is 0 Å². The minimum absolute atomic E-state index is 0. The zero-order valence-corrected chi connectivity index (χ0v) is 8.88. The van der Waals surface area contributed by atoms with Gasteiger partial charge in [-0.05, 0) is 11.5 Å². The Balaban J connectivity index is 0.000000845. The number of aromatic nitrogens is 1. The van der Waals surface area contributed by atoms with Crippen molar-refractivity contribution in [1.29, 1.82) is 0 Å². The van der Waals surface area contributed by atoms with Crippen LogP contribution >= 0.6 is 0 Å². The lowest BCUT2D eigenvalue weighted by Crippen LogP contribution is -3.00. The molecule has 2 aromatic rings. The molecule has 1 heterocycles. The fourth-order valence-electron chi connectivity index (χ4n) is 1.16. The summed E-state index contributed by atoms with van der Waals surface area (Å²) in [4.78, 5) is 4.04. The Morgan fingerprint density at radius 2 is 1.77 bits per heavy atom. The molecule has 0 fully saturated rings. The summed E-state index contributed by atoms with van der Waals surface area (Å²) in [6.07, 6.45) is 3.34. The molecule has 4 heteroatoms. The van der Waals surface area contributed by atoms with E-state index < -0.39 is 0 Å². The Hall–Kier alpha value is -0.880. The third-order valence-corrected chi connectivity index (χ3v) is 1.76. The molecular weight excluding hydrogens is 281 g/mol. The van der Waals surface area contributed by atoms with Crippen molar-refractivity contribution in [3.8, 4) is 0 Å². The van der Waals surface area contributed by atoms with E-state index in [0.29, 0.717) is 0 Å². The van der Waals surface area contributed by atoms with Crippen LogP contribution in [0.3, 0.4) is 0 Å². The monoisotopic (exact) mass is 289 g/mol. The van der Waals surface area contributed by atoms with E-state index >= 15 is 0 Å². The summed E-state index contributed by atoms with van der Waals surface area (Å²) in [5, 5.41) is 10.5. The van der Waals surface area contributed by atoms with E-state index in [-0.39, 0.29) is 24.0 Å². The van der Waals surface area contributed by atoms with Gasteiger partial charge < -0.3 is 24.0 Å². The minimum Gasteiger partial charge on any atom is -1.00 e. The second kappa shape index (κ2) is 4.38. The van der Waals surface area contributed by atoms with Gasteiger partial charge in [-0.2, -0.15) is 0 Å². The topological polar surface area (TPSA) is 33.3 Å². The normalized spacial score (nSPS) is 9.31. The molecule has 68 valence electrons. The number of rotatable bonds is 1. The Kier molecular flexibility index (Phi) is 3.44. The van der Waals surface area contributed by atoms with Gasteiger partial charge in [0.1, 0.15) is 0 Å². The molecule has 0 spiro atoms. The number of pyridine rings is 1. The van der Waals surface area contributed by atoms with Gasteiger partial charge in [-0.25, -0.2) is 0 Å². The van der Waals surface area contributed by atoms with Gasteiger partial charge in [-0.3, -0.25) is 0 Å². The molecule has 0 amide bonds. The predicted octanol–water partition coefficient (Wildman–Crippen LogP) is -1.97. The maximum atomic E-state index is 8.36. The lowest BCUT2D eigenvalue weighted by Gasteiger charge is -1.92. The highest BCUT2D eigenvalue weighted by Crippen LogP contribution is 2.08. The Bertz CT molecular complexity index is 405. The van der Waals surface area contributed by atoms with Crippen molar-refractivity contribution in [1.82, 2.24) is 0 Å². The Morgan fingerprint density at radius 1 is 1.08 bits per heavy atom. The molecule has 0 unspecified atom stereocenters. The summed E-state index contributed by atoms with van der Waals surface area (Å²) in [5.74, 6) is 0. The molecule has 1 aromatic heterocycles. The number of fused-ring (bicyclic) bond motifs is 1. The molecule has 0 aliphatic rings. The Morgan fingerprint density at radius 3 is 2.46 bits per heavy atom. The molecule has 0 saturated heterocycles. The maximum Gasteiger partial charge on any atom is 0.234 e. The zero-order valence-electron chi connectivity index (χ0n) is 6.72. The highest BCUT2D eigenvalue weighted by atomic mass is 127. The van der Waals surface area contributed by atoms with Crippen LogP contribution in [0.15, 0.2) is 42.7 Å². The molecule has 1 aromatic carbocycles. The van der Waals surface area contributed by atoms with Crippen LogP contribution in [0.5, 0.6) is 0 Å². The van der Waals surface area contributed by atoms with E-state index in [0.717, 1.165) is 10.8 Å². The van der Waals surface area contributed by atoms with Crippen molar-refractivity contribution >= 4 is 10.8 Å². The standard InChI is InChI=1S/C9H7NO2.HI/c11-12-10-6-5-8-3-1-2-4-9(8)7-10;/h1-7H;1H. The lowest BCUT2D eigenvalue weighted by atomic mass is 10.2. The average molecular weight is 289 g/mol. The minimum atomic E-state index is 0. The third kappa shape index (κ3) is 2.07. The summed E-state index contributed by atoms with van der Waals surface area (Å²) in [6, 6.07) is 9.71. The molecule has 2 rings (SSSR count). The SMILES string of the molecule is OO[n+]1ccc2ccccc2c1.[I-]. The third-order valence-electron chi connectivity index (χ3n) is 1.76. The van der Waals surface area contributed by atoms with Crippen LogP contribution in [0.25, 0.3) is 10.8 Å². The van der Waals surface area contributed by atoms with E-state index in [9.17, 15) is 0 Å². The van der Waals surface area contributed by atoms with Gasteiger partial charge in [0.05, 0.1) is 5.39 Å². The molecule has 1 N–H and O–H groups in total. The van der Waals surface area contributed by atoms with Gasteiger partial charge >= 0.3 is 0 Å². The van der Waals surface area contributed by atoms with E-state index in [1.165, 1.54) is 4.73 Å². The van der Waals surface area contributed by atoms with Crippen molar-refractivity contribution in [2.45, 2.75) is 0 Å². The highest BCUT2D eigenvalue weighted by Gasteiger charge is 2.01. The number of benzene rings is 1. The van der Waals surface area contributed by atoms with Crippen molar-refractivity contribution in [2.75, 3.05) is 0 Å². The largest absolute Gasteiger partial charge is 1.00 e. The molecule has 0 atom stereocenters. The van der Waals surface area contributed by atoms with Gasteiger partial charge in [-0.15, -0.1) is 5.26 Å². The second-order valence-electron chi connectivity index (χ2n) is 2.52. The Labute approximate surface area is 92.5 Å². The number of halogens is 1. The molecule has 13 heavy (non-hydrogen) atoms. The van der Waals surface area contributed by atoms with Gasteiger partial charge in [-0.1, -0.05) is 23.2 Å². The first-order chi connectivity index (χ1) is 5.90. The van der Waals surface area contributed by atoms with Crippen molar-refractivity contribution in [2.24, 2.45) is 0 Å². The van der Waals surface area contributed by atoms with Crippen molar-refractivity contribution in [3.63, 3.8) is 0 Å². The summed E-state index contributed by atoms with van der Waals surface area (Å²) in [6.45, 7) is 0. The quantitative estimate of drug-likeness (QED) is 0.286. The van der Waals surface area contributed by atoms with Crippen molar-refractivity contribution < 1.29 is 39.0 Å². The van der Waals surface area contributed by atoms with Gasteiger partial charge in [0.25, 0.3) is 0 Å². The molecule has 0 bridgehead atoms. The number of hydrogen-bond acceptors (Lipinski definition) is 2. The summed E-state index contributed by atoms with van der Waals surface area (Å²) in [5.41, 5.74) is 0. The molecule has 0 aliphatic heterocycles. The van der Waals surface area contributed by atoms with E-state index in [4.69, 9.17) is 5.26 Å². The fourth-order valence-corrected chi connectivity index (χ4v) is 1.16. The van der Waals surface area contributed by atoms with Gasteiger partial charge in [0.2, 0.25) is 12.4 Å². The first-order valence-corrected chi connectivity index (χ1v) is 3.62. The number of nitrogens with zero attached hydrogens (tertiary/aromatic N) is 1. The predicted molar refractivity (Wildman–Crippen MR) is 43.4 cm³/mol. The van der Waals surface area contributed by atoms with Crippen LogP contribution in [0.4, 0.5) is 0 Å². The van der Waals surface area contributed by atoms with E-state index in [1.807, 2.05) is 30.3 Å². The second-order valence-corrected chi connectivity index (χ2v) is 2.52. The smallest absolute Gasteiger partial charge is 0.234 e. The molecule has 0 aliphatic carbocycles. The lowest BCUT2D eigenvalue weighted by molar-refractivity contribution is -0.955. The van der Waals surface area contributed by atoms with Crippen LogP contribution in [0.1, 0.15) is 0 Å². The average Bonchev–Trinajstić information content (AvgIpc) is 2.17. The van der Waals surface area contributed by atoms with Crippen LogP contribution in [-0.4, -0.2) is 5.26 Å². The van der Waals surface area contributed by atoms with Crippen molar-refractivity contribution in [3.05, 3.63) is 42.7 Å². The van der Waals surface area contributed by atoms with Crippen LogP contribution in [-0.2, 0) is 0 Å². The zero-order chi connectivity index (χ0) is 8.39. The summed E-state index contributed by atoms with van der Waals surface area (Å²) < 4.78 is 1.24. The van der Waals surface area contributed by atoms with E-state index in [1.54, 1.807) is 12.4 Å².